The van der Waals surface area contributed by atoms with Crippen LogP contribution in [0.15, 0.2) is 18.2 Å². The number of hydrogen-bond acceptors (Lipinski definition) is 3. The Labute approximate surface area is 114 Å². The zero-order valence-corrected chi connectivity index (χ0v) is 10.7. The molecule has 20 heavy (non-hydrogen) atoms. The third kappa shape index (κ3) is 3.41. The molecule has 0 aliphatic carbocycles. The van der Waals surface area contributed by atoms with Gasteiger partial charge in [-0.3, -0.25) is 4.79 Å². The Morgan fingerprint density at radius 2 is 1.95 bits per heavy atom. The predicted molar refractivity (Wildman–Crippen MR) is 68.0 cm³/mol. The Hall–Kier alpha value is -1.76. The number of carbonyl (C=O) groups is 1. The van der Waals surface area contributed by atoms with Crippen LogP contribution in [0.1, 0.15) is 18.4 Å². The number of ether oxygens (including phenoxy) is 1. The van der Waals surface area contributed by atoms with E-state index in [2.05, 4.69) is 5.32 Å². The monoisotopic (exact) mass is 288 g/mol. The molecule has 1 heterocycles. The van der Waals surface area contributed by atoms with Crippen LogP contribution in [-0.2, 0) is 15.7 Å². The maximum absolute atomic E-state index is 12.5. The van der Waals surface area contributed by atoms with Gasteiger partial charge in [0.2, 0.25) is 5.91 Å². The molecule has 1 aromatic rings. The summed E-state index contributed by atoms with van der Waals surface area (Å²) < 4.78 is 42.6. The summed E-state index contributed by atoms with van der Waals surface area (Å²) in [5, 5.41) is 2.57. The first-order valence-corrected chi connectivity index (χ1v) is 6.23. The Balaban J connectivity index is 2.08. The fourth-order valence-corrected chi connectivity index (χ4v) is 2.05. The van der Waals surface area contributed by atoms with Gasteiger partial charge in [0.05, 0.1) is 16.9 Å². The lowest BCUT2D eigenvalue weighted by molar-refractivity contribution is -0.137. The van der Waals surface area contributed by atoms with Crippen molar-refractivity contribution in [1.29, 1.82) is 0 Å². The van der Waals surface area contributed by atoms with Gasteiger partial charge in [-0.05, 0) is 31.0 Å². The van der Waals surface area contributed by atoms with Crippen LogP contribution in [0, 0.1) is 5.92 Å². The quantitative estimate of drug-likeness (QED) is 0.822. The Morgan fingerprint density at radius 1 is 1.30 bits per heavy atom. The van der Waals surface area contributed by atoms with E-state index in [9.17, 15) is 18.0 Å². The van der Waals surface area contributed by atoms with Crippen LogP contribution >= 0.6 is 0 Å². The van der Waals surface area contributed by atoms with E-state index in [0.29, 0.717) is 26.1 Å². The van der Waals surface area contributed by atoms with Gasteiger partial charge < -0.3 is 15.8 Å². The molecule has 110 valence electrons. The summed E-state index contributed by atoms with van der Waals surface area (Å²) in [4.78, 5) is 12.0. The lowest BCUT2D eigenvalue weighted by atomic mass is 9.99. The van der Waals surface area contributed by atoms with E-state index in [1.54, 1.807) is 0 Å². The van der Waals surface area contributed by atoms with Gasteiger partial charge in [-0.25, -0.2) is 0 Å². The van der Waals surface area contributed by atoms with Crippen LogP contribution in [0.4, 0.5) is 24.5 Å². The molecule has 1 saturated heterocycles. The van der Waals surface area contributed by atoms with Crippen molar-refractivity contribution in [1.82, 2.24) is 0 Å². The Morgan fingerprint density at radius 3 is 2.50 bits per heavy atom. The largest absolute Gasteiger partial charge is 0.416 e. The highest BCUT2D eigenvalue weighted by Crippen LogP contribution is 2.33. The molecule has 0 radical (unpaired) electrons. The molecule has 1 aromatic carbocycles. The van der Waals surface area contributed by atoms with Gasteiger partial charge in [0, 0.05) is 19.1 Å². The van der Waals surface area contributed by atoms with Crippen LogP contribution in [-0.4, -0.2) is 19.1 Å². The average molecular weight is 288 g/mol. The number of benzene rings is 1. The molecule has 0 unspecified atom stereocenters. The van der Waals surface area contributed by atoms with Crippen molar-refractivity contribution in [2.75, 3.05) is 24.3 Å². The molecule has 0 saturated carbocycles. The van der Waals surface area contributed by atoms with Gasteiger partial charge in [0.15, 0.2) is 0 Å². The molecule has 0 spiro atoms. The molecule has 1 aliphatic heterocycles. The van der Waals surface area contributed by atoms with Crippen LogP contribution in [0.2, 0.25) is 0 Å². The number of anilines is 2. The molecule has 1 fully saturated rings. The highest BCUT2D eigenvalue weighted by atomic mass is 19.4. The van der Waals surface area contributed by atoms with Gasteiger partial charge in [0.1, 0.15) is 0 Å². The van der Waals surface area contributed by atoms with Crippen LogP contribution in [0.5, 0.6) is 0 Å². The summed E-state index contributed by atoms with van der Waals surface area (Å²) in [6.07, 6.45) is -3.24. The molecular weight excluding hydrogens is 273 g/mol. The van der Waals surface area contributed by atoms with E-state index >= 15 is 0 Å². The van der Waals surface area contributed by atoms with Crippen LogP contribution in [0.3, 0.4) is 0 Å². The van der Waals surface area contributed by atoms with Crippen molar-refractivity contribution in [2.24, 2.45) is 5.92 Å². The summed E-state index contributed by atoms with van der Waals surface area (Å²) in [7, 11) is 0. The van der Waals surface area contributed by atoms with Crippen molar-refractivity contribution in [3.8, 4) is 0 Å². The summed E-state index contributed by atoms with van der Waals surface area (Å²) >= 11 is 0. The minimum atomic E-state index is -4.45. The molecule has 1 aliphatic rings. The van der Waals surface area contributed by atoms with Crippen molar-refractivity contribution < 1.29 is 22.7 Å². The number of nitrogens with two attached hydrogens (primary N) is 1. The number of rotatable bonds is 2. The van der Waals surface area contributed by atoms with E-state index in [1.807, 2.05) is 0 Å². The number of hydrogen-bond donors (Lipinski definition) is 2. The normalized spacial score (nSPS) is 16.9. The topological polar surface area (TPSA) is 64.3 Å². The van der Waals surface area contributed by atoms with Crippen molar-refractivity contribution in [3.05, 3.63) is 23.8 Å². The Kier molecular flexibility index (Phi) is 4.17. The summed E-state index contributed by atoms with van der Waals surface area (Å²) in [5.41, 5.74) is 4.83. The first-order valence-electron chi connectivity index (χ1n) is 6.23. The zero-order valence-electron chi connectivity index (χ0n) is 10.7. The van der Waals surface area contributed by atoms with E-state index in [-0.39, 0.29) is 23.2 Å². The highest BCUT2D eigenvalue weighted by Gasteiger charge is 2.31. The minimum absolute atomic E-state index is 0.0970. The molecule has 1 amide bonds. The number of halogens is 3. The zero-order chi connectivity index (χ0) is 14.8. The van der Waals surface area contributed by atoms with E-state index < -0.39 is 11.7 Å². The van der Waals surface area contributed by atoms with Crippen LogP contribution < -0.4 is 11.1 Å². The molecule has 3 N–H and O–H groups in total. The number of nitrogen functional groups attached to an aromatic ring is 1. The second kappa shape index (κ2) is 5.70. The van der Waals surface area contributed by atoms with Gasteiger partial charge in [-0.2, -0.15) is 13.2 Å². The van der Waals surface area contributed by atoms with E-state index in [4.69, 9.17) is 10.5 Å². The number of carbonyl (C=O) groups excluding carboxylic acids is 1. The first kappa shape index (κ1) is 14.6. The molecule has 0 bridgehead atoms. The van der Waals surface area contributed by atoms with Crippen molar-refractivity contribution in [2.45, 2.75) is 19.0 Å². The second-order valence-corrected chi connectivity index (χ2v) is 4.68. The molecular formula is C13H15F3N2O2. The second-order valence-electron chi connectivity index (χ2n) is 4.68. The van der Waals surface area contributed by atoms with Gasteiger partial charge in [0.25, 0.3) is 0 Å². The SMILES string of the molecule is Nc1cc(C(F)(F)F)ccc1NC(=O)C1CCOCC1. The standard InChI is InChI=1S/C13H15F3N2O2/c14-13(15,16)9-1-2-11(10(17)7-9)18-12(19)8-3-5-20-6-4-8/h1-2,7-8H,3-6,17H2,(H,18,19). The third-order valence-electron chi connectivity index (χ3n) is 3.23. The van der Waals surface area contributed by atoms with Gasteiger partial charge in [-0.1, -0.05) is 0 Å². The minimum Gasteiger partial charge on any atom is -0.397 e. The first-order chi connectivity index (χ1) is 9.38. The summed E-state index contributed by atoms with van der Waals surface area (Å²) in [6, 6.07) is 2.89. The van der Waals surface area contributed by atoms with Gasteiger partial charge >= 0.3 is 6.18 Å². The fourth-order valence-electron chi connectivity index (χ4n) is 2.05. The predicted octanol–water partition coefficient (Wildman–Crippen LogP) is 2.65. The lowest BCUT2D eigenvalue weighted by Gasteiger charge is -2.21. The van der Waals surface area contributed by atoms with Crippen molar-refractivity contribution in [3.63, 3.8) is 0 Å². The third-order valence-corrected chi connectivity index (χ3v) is 3.23. The fraction of sp³-hybridized carbons (Fsp3) is 0.462. The summed E-state index contributed by atoms with van der Waals surface area (Å²) in [6.45, 7) is 1.03. The van der Waals surface area contributed by atoms with E-state index in [0.717, 1.165) is 12.1 Å². The molecule has 0 atom stereocenters. The molecule has 7 heteroatoms. The molecule has 0 aromatic heterocycles. The Bertz CT molecular complexity index is 497. The van der Waals surface area contributed by atoms with Crippen LogP contribution in [0.25, 0.3) is 0 Å². The number of alkyl halides is 3. The highest BCUT2D eigenvalue weighted by molar-refractivity contribution is 5.95. The average Bonchev–Trinajstić information content (AvgIpc) is 2.41. The van der Waals surface area contributed by atoms with Crippen molar-refractivity contribution >= 4 is 17.3 Å². The lowest BCUT2D eigenvalue weighted by Crippen LogP contribution is -2.28. The maximum Gasteiger partial charge on any atom is 0.416 e. The number of amides is 1. The summed E-state index contributed by atoms with van der Waals surface area (Å²) in [5.74, 6) is -0.426. The smallest absolute Gasteiger partial charge is 0.397 e. The molecule has 2 rings (SSSR count). The molecule has 4 nitrogen and oxygen atoms in total. The van der Waals surface area contributed by atoms with Gasteiger partial charge in [-0.15, -0.1) is 0 Å². The maximum atomic E-state index is 12.5. The number of nitrogens with one attached hydrogen (secondary N) is 1. The van der Waals surface area contributed by atoms with E-state index in [1.165, 1.54) is 6.07 Å².